The Labute approximate surface area is 115 Å². The molecule has 0 radical (unpaired) electrons. The zero-order valence-corrected chi connectivity index (χ0v) is 12.3. The van der Waals surface area contributed by atoms with Crippen LogP contribution in [0.3, 0.4) is 0 Å². The largest absolute Gasteiger partial charge is 0.393 e. The van der Waals surface area contributed by atoms with E-state index in [1.165, 1.54) is 0 Å². The van der Waals surface area contributed by atoms with Crippen LogP contribution in [0.15, 0.2) is 12.3 Å². The van der Waals surface area contributed by atoms with E-state index in [1.54, 1.807) is 0 Å². The van der Waals surface area contributed by atoms with Gasteiger partial charge in [-0.05, 0) is 24.3 Å². The van der Waals surface area contributed by atoms with Crippen molar-refractivity contribution in [2.75, 3.05) is 13.1 Å². The molecule has 106 valence electrons. The van der Waals surface area contributed by atoms with E-state index >= 15 is 0 Å². The van der Waals surface area contributed by atoms with E-state index in [9.17, 15) is 5.11 Å². The maximum Gasteiger partial charge on any atom is 0.128 e. The van der Waals surface area contributed by atoms with Crippen LogP contribution in [0, 0.1) is 5.41 Å². The molecule has 1 atom stereocenters. The number of aliphatic hydroxyl groups excluding tert-OH is 1. The minimum atomic E-state index is -0.170. The third-order valence-corrected chi connectivity index (χ3v) is 3.68. The second-order valence-electron chi connectivity index (χ2n) is 6.34. The predicted molar refractivity (Wildman–Crippen MR) is 75.7 cm³/mol. The average molecular weight is 263 g/mol. The van der Waals surface area contributed by atoms with Gasteiger partial charge in [0.1, 0.15) is 5.82 Å². The minimum Gasteiger partial charge on any atom is -0.393 e. The number of hydrogen-bond acceptors (Lipinski definition) is 4. The van der Waals surface area contributed by atoms with Crippen molar-refractivity contribution in [2.24, 2.45) is 5.41 Å². The summed E-state index contributed by atoms with van der Waals surface area (Å²) >= 11 is 0. The van der Waals surface area contributed by atoms with E-state index in [2.05, 4.69) is 35.6 Å². The molecule has 1 fully saturated rings. The molecule has 0 saturated carbocycles. The molecule has 1 aromatic heterocycles. The van der Waals surface area contributed by atoms with E-state index < -0.39 is 0 Å². The lowest BCUT2D eigenvalue weighted by Crippen LogP contribution is -2.32. The Morgan fingerprint density at radius 2 is 2.26 bits per heavy atom. The number of aliphatic hydroxyl groups is 1. The highest BCUT2D eigenvalue weighted by Gasteiger charge is 2.29. The molecule has 2 rings (SSSR count). The Bertz CT molecular complexity index is 420. The van der Waals surface area contributed by atoms with E-state index in [1.807, 2.05) is 12.3 Å². The van der Waals surface area contributed by atoms with Crippen molar-refractivity contribution >= 4 is 0 Å². The first-order valence-corrected chi connectivity index (χ1v) is 7.20. The van der Waals surface area contributed by atoms with E-state index in [-0.39, 0.29) is 11.5 Å². The van der Waals surface area contributed by atoms with E-state index in [0.29, 0.717) is 0 Å². The lowest BCUT2D eigenvalue weighted by Gasteiger charge is -2.29. The molecule has 1 N–H and O–H groups in total. The summed E-state index contributed by atoms with van der Waals surface area (Å²) in [6.07, 6.45) is 4.29. The van der Waals surface area contributed by atoms with Gasteiger partial charge in [0.2, 0.25) is 0 Å². The number of likely N-dealkylation sites (tertiary alicyclic amines) is 1. The normalized spacial score (nSPS) is 24.1. The Hall–Kier alpha value is -1.00. The third-order valence-electron chi connectivity index (χ3n) is 3.68. The first-order chi connectivity index (χ1) is 8.98. The number of nitrogens with zero attached hydrogens (tertiary/aromatic N) is 3. The van der Waals surface area contributed by atoms with Gasteiger partial charge in [0.05, 0.1) is 11.8 Å². The second-order valence-corrected chi connectivity index (χ2v) is 6.34. The molecular formula is C15H25N3O. The SMILES string of the molecule is CCc1nccc(CN2CC[C@@H](O)CC(C)(C)C2)n1. The molecule has 1 aliphatic rings. The molecule has 1 aliphatic heterocycles. The molecule has 0 aromatic carbocycles. The van der Waals surface area contributed by atoms with Gasteiger partial charge in [0.15, 0.2) is 0 Å². The van der Waals surface area contributed by atoms with Crippen molar-refractivity contribution in [3.63, 3.8) is 0 Å². The molecule has 0 aliphatic carbocycles. The van der Waals surface area contributed by atoms with Gasteiger partial charge in [-0.1, -0.05) is 20.8 Å². The molecule has 1 saturated heterocycles. The fourth-order valence-electron chi connectivity index (χ4n) is 2.88. The third kappa shape index (κ3) is 4.25. The van der Waals surface area contributed by atoms with Crippen molar-refractivity contribution in [1.82, 2.24) is 14.9 Å². The Kier molecular flexibility index (Phi) is 4.53. The van der Waals surface area contributed by atoms with Gasteiger partial charge in [0.25, 0.3) is 0 Å². The van der Waals surface area contributed by atoms with Crippen LogP contribution in [0.25, 0.3) is 0 Å². The highest BCUT2D eigenvalue weighted by molar-refractivity contribution is 5.03. The first kappa shape index (κ1) is 14.4. The quantitative estimate of drug-likeness (QED) is 0.906. The van der Waals surface area contributed by atoms with Crippen LogP contribution >= 0.6 is 0 Å². The molecule has 1 aromatic rings. The molecule has 4 nitrogen and oxygen atoms in total. The van der Waals surface area contributed by atoms with E-state index in [4.69, 9.17) is 0 Å². The van der Waals surface area contributed by atoms with Gasteiger partial charge < -0.3 is 5.11 Å². The molecule has 4 heteroatoms. The van der Waals surface area contributed by atoms with Gasteiger partial charge in [-0.3, -0.25) is 4.90 Å². The van der Waals surface area contributed by atoms with E-state index in [0.717, 1.165) is 50.4 Å². The topological polar surface area (TPSA) is 49.2 Å². The van der Waals surface area contributed by atoms with Crippen molar-refractivity contribution in [1.29, 1.82) is 0 Å². The smallest absolute Gasteiger partial charge is 0.128 e. The molecule has 0 spiro atoms. The van der Waals surface area contributed by atoms with Crippen LogP contribution < -0.4 is 0 Å². The van der Waals surface area contributed by atoms with Crippen LogP contribution in [-0.2, 0) is 13.0 Å². The highest BCUT2D eigenvalue weighted by Crippen LogP contribution is 2.28. The van der Waals surface area contributed by atoms with Crippen LogP contribution in [0.5, 0.6) is 0 Å². The van der Waals surface area contributed by atoms with Gasteiger partial charge in [-0.2, -0.15) is 0 Å². The lowest BCUT2D eigenvalue weighted by molar-refractivity contribution is 0.121. The monoisotopic (exact) mass is 263 g/mol. The first-order valence-electron chi connectivity index (χ1n) is 7.20. The summed E-state index contributed by atoms with van der Waals surface area (Å²) in [7, 11) is 0. The molecule has 19 heavy (non-hydrogen) atoms. The average Bonchev–Trinajstić information content (AvgIpc) is 2.47. The zero-order chi connectivity index (χ0) is 13.9. The maximum absolute atomic E-state index is 9.94. The van der Waals surface area contributed by atoms with Crippen molar-refractivity contribution < 1.29 is 5.11 Å². The Morgan fingerprint density at radius 3 is 3.00 bits per heavy atom. The summed E-state index contributed by atoms with van der Waals surface area (Å²) in [6.45, 7) is 9.33. The maximum atomic E-state index is 9.94. The summed E-state index contributed by atoms with van der Waals surface area (Å²) in [4.78, 5) is 11.2. The molecule has 0 unspecified atom stereocenters. The molecule has 0 amide bonds. The zero-order valence-electron chi connectivity index (χ0n) is 12.3. The number of aryl methyl sites for hydroxylation is 1. The molecular weight excluding hydrogens is 238 g/mol. The van der Waals surface area contributed by atoms with Gasteiger partial charge >= 0.3 is 0 Å². The summed E-state index contributed by atoms with van der Waals surface area (Å²) in [5.74, 6) is 0.909. The van der Waals surface area contributed by atoms with Crippen LogP contribution in [0.2, 0.25) is 0 Å². The Morgan fingerprint density at radius 1 is 1.47 bits per heavy atom. The fourth-order valence-corrected chi connectivity index (χ4v) is 2.88. The van der Waals surface area contributed by atoms with Crippen LogP contribution in [0.1, 0.15) is 45.1 Å². The highest BCUT2D eigenvalue weighted by atomic mass is 16.3. The van der Waals surface area contributed by atoms with Crippen molar-refractivity contribution in [3.8, 4) is 0 Å². The Balaban J connectivity index is 2.05. The molecule has 2 heterocycles. The standard InChI is InChI=1S/C15H25N3O/c1-4-14-16-7-5-12(17-14)10-18-8-6-13(19)9-15(2,3)11-18/h5,7,13,19H,4,6,8-11H2,1-3H3/t13-/m1/s1. The fraction of sp³-hybridized carbons (Fsp3) is 0.733. The second kappa shape index (κ2) is 5.97. The summed E-state index contributed by atoms with van der Waals surface area (Å²) < 4.78 is 0. The minimum absolute atomic E-state index is 0.163. The van der Waals surface area contributed by atoms with Gasteiger partial charge in [-0.15, -0.1) is 0 Å². The number of aromatic nitrogens is 2. The van der Waals surface area contributed by atoms with Gasteiger partial charge in [-0.25, -0.2) is 9.97 Å². The predicted octanol–water partition coefficient (Wildman–Crippen LogP) is 2.02. The van der Waals surface area contributed by atoms with Crippen molar-refractivity contribution in [3.05, 3.63) is 23.8 Å². The lowest BCUT2D eigenvalue weighted by atomic mass is 9.87. The number of rotatable bonds is 3. The summed E-state index contributed by atoms with van der Waals surface area (Å²) in [5.41, 5.74) is 1.25. The van der Waals surface area contributed by atoms with Crippen LogP contribution in [-0.4, -0.2) is 39.2 Å². The van der Waals surface area contributed by atoms with Gasteiger partial charge in [0, 0.05) is 32.3 Å². The summed E-state index contributed by atoms with van der Waals surface area (Å²) in [6, 6.07) is 1.99. The van der Waals surface area contributed by atoms with Crippen molar-refractivity contribution in [2.45, 2.75) is 52.7 Å². The summed E-state index contributed by atoms with van der Waals surface area (Å²) in [5, 5.41) is 9.94. The van der Waals surface area contributed by atoms with Crippen LogP contribution in [0.4, 0.5) is 0 Å². The molecule has 0 bridgehead atoms. The number of hydrogen-bond donors (Lipinski definition) is 1.